The van der Waals surface area contributed by atoms with Crippen LogP contribution in [0.5, 0.6) is 5.75 Å². The molecule has 2 aromatic carbocycles. The standard InChI is InChI=1S/C23H24N6O4S/c1-4-13-34-23-26-22-24-14(2)19(21(30)25-17-7-5-6-8-18(17)33-3)20(28(22)27-23)15-9-11-16(12-10-15)29(31)32/h5-12,20H,4,13H2,1-3H3,(H,25,30)(H,24,26,27). The zero-order chi connectivity index (χ0) is 24.2. The minimum atomic E-state index is -0.629. The number of carbonyl (C=O) groups is 1. The van der Waals surface area contributed by atoms with Crippen molar-refractivity contribution in [2.45, 2.75) is 31.5 Å². The van der Waals surface area contributed by atoms with Gasteiger partial charge >= 0.3 is 0 Å². The lowest BCUT2D eigenvalue weighted by Gasteiger charge is -2.28. The molecular formula is C23H24N6O4S. The van der Waals surface area contributed by atoms with Gasteiger partial charge in [-0.05, 0) is 43.2 Å². The van der Waals surface area contributed by atoms with Crippen molar-refractivity contribution >= 4 is 35.0 Å². The van der Waals surface area contributed by atoms with Crippen molar-refractivity contribution in [3.63, 3.8) is 0 Å². The molecule has 2 N–H and O–H groups in total. The number of allylic oxidation sites excluding steroid dienone is 1. The van der Waals surface area contributed by atoms with E-state index < -0.39 is 11.0 Å². The Morgan fingerprint density at radius 1 is 1.26 bits per heavy atom. The summed E-state index contributed by atoms with van der Waals surface area (Å²) < 4.78 is 7.02. The highest BCUT2D eigenvalue weighted by molar-refractivity contribution is 7.99. The van der Waals surface area contributed by atoms with E-state index in [9.17, 15) is 14.9 Å². The Kier molecular flexibility index (Phi) is 6.82. The summed E-state index contributed by atoms with van der Waals surface area (Å²) in [4.78, 5) is 28.8. The maximum absolute atomic E-state index is 13.6. The van der Waals surface area contributed by atoms with Gasteiger partial charge in [-0.1, -0.05) is 30.8 Å². The molecule has 0 radical (unpaired) electrons. The molecule has 3 aromatic rings. The maximum Gasteiger partial charge on any atom is 0.269 e. The minimum Gasteiger partial charge on any atom is -0.495 e. The summed E-state index contributed by atoms with van der Waals surface area (Å²) in [5, 5.41) is 22.5. The Labute approximate surface area is 200 Å². The van der Waals surface area contributed by atoms with Crippen LogP contribution in [0.3, 0.4) is 0 Å². The van der Waals surface area contributed by atoms with E-state index in [1.54, 1.807) is 41.9 Å². The Hall–Kier alpha value is -3.86. The van der Waals surface area contributed by atoms with Crippen LogP contribution >= 0.6 is 11.8 Å². The topological polar surface area (TPSA) is 124 Å². The van der Waals surface area contributed by atoms with Crippen LogP contribution in [0.4, 0.5) is 17.3 Å². The summed E-state index contributed by atoms with van der Waals surface area (Å²) in [6.07, 6.45) is 0.970. The van der Waals surface area contributed by atoms with Crippen LogP contribution in [0.1, 0.15) is 31.9 Å². The third-order valence-electron chi connectivity index (χ3n) is 5.29. The van der Waals surface area contributed by atoms with Crippen LogP contribution in [-0.2, 0) is 4.79 Å². The fourth-order valence-electron chi connectivity index (χ4n) is 3.70. The quantitative estimate of drug-likeness (QED) is 0.272. The highest BCUT2D eigenvalue weighted by Crippen LogP contribution is 2.37. The molecule has 0 fully saturated rings. The highest BCUT2D eigenvalue weighted by atomic mass is 32.2. The van der Waals surface area contributed by atoms with Gasteiger partial charge in [0, 0.05) is 23.6 Å². The molecule has 1 unspecified atom stereocenters. The van der Waals surface area contributed by atoms with Crippen LogP contribution in [-0.4, -0.2) is 38.5 Å². The number of methoxy groups -OCH3 is 1. The van der Waals surface area contributed by atoms with Gasteiger partial charge in [-0.25, -0.2) is 4.68 Å². The van der Waals surface area contributed by atoms with Crippen molar-refractivity contribution in [2.75, 3.05) is 23.5 Å². The smallest absolute Gasteiger partial charge is 0.269 e. The predicted octanol–water partition coefficient (Wildman–Crippen LogP) is 4.62. The van der Waals surface area contributed by atoms with Crippen molar-refractivity contribution in [2.24, 2.45) is 0 Å². The van der Waals surface area contributed by atoms with Crippen molar-refractivity contribution in [3.8, 4) is 5.75 Å². The summed E-state index contributed by atoms with van der Waals surface area (Å²) in [6.45, 7) is 3.87. The van der Waals surface area contributed by atoms with Crippen molar-refractivity contribution < 1.29 is 14.5 Å². The van der Waals surface area contributed by atoms with Crippen LogP contribution in [0.15, 0.2) is 65.0 Å². The number of para-hydroxylation sites is 2. The number of thioether (sulfide) groups is 1. The molecule has 1 aromatic heterocycles. The number of aromatic nitrogens is 3. The molecule has 10 nitrogen and oxygen atoms in total. The van der Waals surface area contributed by atoms with E-state index in [1.165, 1.54) is 31.0 Å². The lowest BCUT2D eigenvalue weighted by atomic mass is 9.95. The zero-order valence-electron chi connectivity index (χ0n) is 18.9. The second-order valence-corrected chi connectivity index (χ2v) is 8.64. The normalized spacial score (nSPS) is 14.9. The average molecular weight is 481 g/mol. The number of fused-ring (bicyclic) bond motifs is 1. The van der Waals surface area contributed by atoms with Gasteiger partial charge in [-0.3, -0.25) is 14.9 Å². The number of benzene rings is 2. The fraction of sp³-hybridized carbons (Fsp3) is 0.261. The molecule has 11 heteroatoms. The number of nitrogens with one attached hydrogen (secondary N) is 2. The molecule has 1 aliphatic heterocycles. The van der Waals surface area contributed by atoms with Gasteiger partial charge in [-0.2, -0.15) is 4.98 Å². The molecule has 1 atom stereocenters. The van der Waals surface area contributed by atoms with Gasteiger partial charge in [0.2, 0.25) is 11.1 Å². The molecule has 0 spiro atoms. The fourth-order valence-corrected chi connectivity index (χ4v) is 4.39. The number of anilines is 2. The third kappa shape index (κ3) is 4.60. The lowest BCUT2D eigenvalue weighted by molar-refractivity contribution is -0.384. The Morgan fingerprint density at radius 3 is 2.68 bits per heavy atom. The Bertz CT molecular complexity index is 1250. The lowest BCUT2D eigenvalue weighted by Crippen LogP contribution is -2.31. The molecule has 0 bridgehead atoms. The summed E-state index contributed by atoms with van der Waals surface area (Å²) >= 11 is 1.53. The molecule has 0 aliphatic carbocycles. The highest BCUT2D eigenvalue weighted by Gasteiger charge is 2.35. The van der Waals surface area contributed by atoms with E-state index in [4.69, 9.17) is 4.74 Å². The van der Waals surface area contributed by atoms with Crippen LogP contribution < -0.4 is 15.4 Å². The molecule has 0 saturated carbocycles. The van der Waals surface area contributed by atoms with Gasteiger partial charge in [0.15, 0.2) is 0 Å². The predicted molar refractivity (Wildman–Crippen MR) is 130 cm³/mol. The van der Waals surface area contributed by atoms with Crippen molar-refractivity contribution in [3.05, 3.63) is 75.5 Å². The molecular weight excluding hydrogens is 456 g/mol. The first-order valence-corrected chi connectivity index (χ1v) is 11.7. The summed E-state index contributed by atoms with van der Waals surface area (Å²) in [5.74, 6) is 1.55. The SMILES string of the molecule is CCCSc1nc2n(n1)C(c1ccc([N+](=O)[O-])cc1)C(C(=O)Nc1ccccc1OC)=C(C)N2. The van der Waals surface area contributed by atoms with E-state index in [0.29, 0.717) is 39.4 Å². The summed E-state index contributed by atoms with van der Waals surface area (Å²) in [6, 6.07) is 12.6. The molecule has 0 saturated heterocycles. The van der Waals surface area contributed by atoms with Gasteiger partial charge in [-0.15, -0.1) is 5.10 Å². The zero-order valence-corrected chi connectivity index (χ0v) is 19.8. The number of hydrogen-bond donors (Lipinski definition) is 2. The average Bonchev–Trinajstić information content (AvgIpc) is 3.24. The molecule has 1 amide bonds. The largest absolute Gasteiger partial charge is 0.495 e. The number of carbonyl (C=O) groups excluding carboxylic acids is 1. The number of rotatable bonds is 8. The van der Waals surface area contributed by atoms with E-state index in [1.807, 2.05) is 6.07 Å². The minimum absolute atomic E-state index is 0.0311. The molecule has 1 aliphatic rings. The first-order valence-electron chi connectivity index (χ1n) is 10.7. The Morgan fingerprint density at radius 2 is 2.00 bits per heavy atom. The third-order valence-corrected chi connectivity index (χ3v) is 6.33. The van der Waals surface area contributed by atoms with E-state index in [0.717, 1.165) is 12.2 Å². The van der Waals surface area contributed by atoms with E-state index in [-0.39, 0.29) is 11.6 Å². The molecule has 4 rings (SSSR count). The molecule has 176 valence electrons. The van der Waals surface area contributed by atoms with Crippen LogP contribution in [0, 0.1) is 10.1 Å². The van der Waals surface area contributed by atoms with Crippen LogP contribution in [0.25, 0.3) is 0 Å². The number of nitro groups is 1. The van der Waals surface area contributed by atoms with Crippen molar-refractivity contribution in [1.82, 2.24) is 14.8 Å². The van der Waals surface area contributed by atoms with Crippen molar-refractivity contribution in [1.29, 1.82) is 0 Å². The first kappa shape index (κ1) is 23.3. The van der Waals surface area contributed by atoms with Gasteiger partial charge < -0.3 is 15.4 Å². The number of hydrogen-bond acceptors (Lipinski definition) is 8. The number of nitrogens with zero attached hydrogens (tertiary/aromatic N) is 4. The van der Waals surface area contributed by atoms with Gasteiger partial charge in [0.05, 0.1) is 23.3 Å². The summed E-state index contributed by atoms with van der Waals surface area (Å²) in [7, 11) is 1.54. The number of ether oxygens (including phenoxy) is 1. The first-order chi connectivity index (χ1) is 16.4. The summed E-state index contributed by atoms with van der Waals surface area (Å²) in [5.41, 5.74) is 2.21. The second-order valence-electron chi connectivity index (χ2n) is 7.58. The molecule has 2 heterocycles. The van der Waals surface area contributed by atoms with Gasteiger partial charge in [0.1, 0.15) is 11.8 Å². The number of amides is 1. The van der Waals surface area contributed by atoms with E-state index >= 15 is 0 Å². The number of nitro benzene ring substituents is 1. The monoisotopic (exact) mass is 480 g/mol. The van der Waals surface area contributed by atoms with Gasteiger partial charge in [0.25, 0.3) is 11.6 Å². The Balaban J connectivity index is 1.77. The number of non-ortho nitro benzene ring substituents is 1. The van der Waals surface area contributed by atoms with E-state index in [2.05, 4.69) is 27.6 Å². The molecule has 34 heavy (non-hydrogen) atoms. The maximum atomic E-state index is 13.6. The van der Waals surface area contributed by atoms with Crippen LogP contribution in [0.2, 0.25) is 0 Å². The second kappa shape index (κ2) is 9.96.